The minimum Gasteiger partial charge on any atom is -0.494 e. The Morgan fingerprint density at radius 1 is 1.13 bits per heavy atom. The molecule has 1 aromatic heterocycles. The molecule has 3 atom stereocenters. The van der Waals surface area contributed by atoms with E-state index in [4.69, 9.17) is 9.47 Å². The number of benzene rings is 1. The Bertz CT molecular complexity index is 1160. The van der Waals surface area contributed by atoms with Crippen LogP contribution in [0.25, 0.3) is 0 Å². The number of hydrogen-bond donors (Lipinski definition) is 2. The molecule has 0 aliphatic heterocycles. The van der Waals surface area contributed by atoms with E-state index in [1.165, 1.54) is 4.90 Å². The van der Waals surface area contributed by atoms with Crippen LogP contribution in [0.15, 0.2) is 78.8 Å². The van der Waals surface area contributed by atoms with Gasteiger partial charge in [0.25, 0.3) is 0 Å². The van der Waals surface area contributed by atoms with Gasteiger partial charge < -0.3 is 24.6 Å². The molecule has 0 spiro atoms. The van der Waals surface area contributed by atoms with Gasteiger partial charge in [0.15, 0.2) is 0 Å². The van der Waals surface area contributed by atoms with Gasteiger partial charge in [-0.25, -0.2) is 4.79 Å². The predicted molar refractivity (Wildman–Crippen MR) is 149 cm³/mol. The van der Waals surface area contributed by atoms with Crippen molar-refractivity contribution in [3.05, 3.63) is 90.0 Å². The third-order valence-electron chi connectivity index (χ3n) is 6.40. The van der Waals surface area contributed by atoms with Gasteiger partial charge in [-0.3, -0.25) is 9.78 Å². The summed E-state index contributed by atoms with van der Waals surface area (Å²) < 4.78 is 11.7. The van der Waals surface area contributed by atoms with Crippen LogP contribution in [0.5, 0.6) is 0 Å². The summed E-state index contributed by atoms with van der Waals surface area (Å²) in [5.41, 5.74) is -0.489. The molecule has 0 radical (unpaired) electrons. The third kappa shape index (κ3) is 8.17. The van der Waals surface area contributed by atoms with E-state index in [9.17, 15) is 19.8 Å². The van der Waals surface area contributed by atoms with Gasteiger partial charge in [0.05, 0.1) is 18.8 Å². The number of amides is 1. The molecule has 2 unspecified atom stereocenters. The first-order chi connectivity index (χ1) is 18.4. The largest absolute Gasteiger partial charge is 0.494 e. The second-order valence-electron chi connectivity index (χ2n) is 11.1. The monoisotopic (exact) mass is 536 g/mol. The lowest BCUT2D eigenvalue weighted by atomic mass is 9.75. The van der Waals surface area contributed by atoms with Crippen LogP contribution < -0.4 is 0 Å². The fourth-order valence-electron chi connectivity index (χ4n) is 4.51. The zero-order chi connectivity index (χ0) is 28.6. The molecular weight excluding hydrogens is 496 g/mol. The molecule has 8 heteroatoms. The normalized spacial score (nSPS) is 19.8. The maximum Gasteiger partial charge on any atom is 0.410 e. The molecule has 0 fully saturated rings. The highest BCUT2D eigenvalue weighted by atomic mass is 16.6. The summed E-state index contributed by atoms with van der Waals surface area (Å²) in [5, 5.41) is 21.2. The molecular formula is C31H40N2O6. The number of aromatic nitrogens is 1. The number of ether oxygens (including phenoxy) is 2. The molecule has 210 valence electrons. The summed E-state index contributed by atoms with van der Waals surface area (Å²) in [5.74, 6) is -0.739. The number of aliphatic carboxylic acids is 1. The lowest BCUT2D eigenvalue weighted by Gasteiger charge is -2.35. The molecule has 1 aliphatic carbocycles. The standard InChI is InChI=1S/C31H40N2O6/c1-22(2)38-27-19-24(23-11-7-6-8-12-23)14-16-31(27,28(35)36)15-10-18-33(29(37)39-30(3,4)5)21-26(34)25-13-9-17-32-20-25/h6-9,11-14,16-17,19-20,22,24,26,34H,10,15,18,21H2,1-5H3,(H,35,36)/t24?,26-,31?/m0/s1. The van der Waals surface area contributed by atoms with Gasteiger partial charge in [-0.2, -0.15) is 0 Å². The number of carbonyl (C=O) groups is 2. The van der Waals surface area contributed by atoms with Crippen molar-refractivity contribution in [1.29, 1.82) is 0 Å². The number of hydrogen-bond acceptors (Lipinski definition) is 6. The van der Waals surface area contributed by atoms with Crippen LogP contribution >= 0.6 is 0 Å². The Morgan fingerprint density at radius 2 is 1.85 bits per heavy atom. The Hall–Kier alpha value is -3.65. The van der Waals surface area contributed by atoms with Crippen molar-refractivity contribution in [2.45, 2.75) is 71.2 Å². The first-order valence-electron chi connectivity index (χ1n) is 13.3. The number of carboxylic acids is 1. The number of carbonyl (C=O) groups excluding carboxylic acids is 1. The number of nitrogens with zero attached hydrogens (tertiary/aromatic N) is 2. The zero-order valence-electron chi connectivity index (χ0n) is 23.4. The van der Waals surface area contributed by atoms with E-state index in [1.54, 1.807) is 51.4 Å². The molecule has 1 aliphatic rings. The van der Waals surface area contributed by atoms with Crippen LogP contribution in [0.3, 0.4) is 0 Å². The van der Waals surface area contributed by atoms with Crippen molar-refractivity contribution >= 4 is 12.1 Å². The van der Waals surface area contributed by atoms with E-state index in [0.717, 1.165) is 5.56 Å². The van der Waals surface area contributed by atoms with Crippen molar-refractivity contribution in [3.8, 4) is 0 Å². The molecule has 2 N–H and O–H groups in total. The van der Waals surface area contributed by atoms with E-state index in [1.807, 2.05) is 56.3 Å². The van der Waals surface area contributed by atoms with E-state index in [-0.39, 0.29) is 31.5 Å². The van der Waals surface area contributed by atoms with Crippen molar-refractivity contribution in [2.24, 2.45) is 5.41 Å². The highest BCUT2D eigenvalue weighted by molar-refractivity contribution is 5.81. The van der Waals surface area contributed by atoms with Crippen LogP contribution in [-0.4, -0.2) is 57.0 Å². The number of aliphatic hydroxyl groups is 1. The summed E-state index contributed by atoms with van der Waals surface area (Å²) in [7, 11) is 0. The van der Waals surface area contributed by atoms with Gasteiger partial charge in [0.1, 0.15) is 16.8 Å². The molecule has 0 saturated carbocycles. The number of carboxylic acid groups (broad SMARTS) is 1. The lowest BCUT2D eigenvalue weighted by Crippen LogP contribution is -2.41. The first-order valence-corrected chi connectivity index (χ1v) is 13.3. The molecule has 1 aromatic carbocycles. The van der Waals surface area contributed by atoms with Gasteiger partial charge in [0.2, 0.25) is 0 Å². The quantitative estimate of drug-likeness (QED) is 0.346. The number of pyridine rings is 1. The van der Waals surface area contributed by atoms with Crippen molar-refractivity contribution in [1.82, 2.24) is 9.88 Å². The number of rotatable bonds is 11. The fourth-order valence-corrected chi connectivity index (χ4v) is 4.51. The molecule has 0 saturated heterocycles. The second kappa shape index (κ2) is 12.9. The summed E-state index contributed by atoms with van der Waals surface area (Å²) in [6.07, 6.45) is 7.42. The number of aliphatic hydroxyl groups excluding tert-OH is 1. The van der Waals surface area contributed by atoms with Crippen molar-refractivity contribution in [2.75, 3.05) is 13.1 Å². The van der Waals surface area contributed by atoms with Crippen LogP contribution in [0.2, 0.25) is 0 Å². The zero-order valence-corrected chi connectivity index (χ0v) is 23.4. The van der Waals surface area contributed by atoms with E-state index in [0.29, 0.717) is 17.7 Å². The van der Waals surface area contributed by atoms with Gasteiger partial charge in [0, 0.05) is 30.4 Å². The highest BCUT2D eigenvalue weighted by Crippen LogP contribution is 2.43. The van der Waals surface area contributed by atoms with E-state index in [2.05, 4.69) is 4.98 Å². The van der Waals surface area contributed by atoms with Gasteiger partial charge in [-0.05, 0) is 65.2 Å². The topological polar surface area (TPSA) is 109 Å². The van der Waals surface area contributed by atoms with Crippen molar-refractivity contribution < 1.29 is 29.3 Å². The van der Waals surface area contributed by atoms with Crippen LogP contribution in [0.4, 0.5) is 4.79 Å². The summed E-state index contributed by atoms with van der Waals surface area (Å²) in [6, 6.07) is 13.3. The minimum absolute atomic E-state index is 0.0161. The molecule has 2 aromatic rings. The molecule has 3 rings (SSSR count). The Morgan fingerprint density at radius 3 is 2.44 bits per heavy atom. The average molecular weight is 537 g/mol. The first kappa shape index (κ1) is 29.9. The maximum absolute atomic E-state index is 13.0. The lowest BCUT2D eigenvalue weighted by molar-refractivity contribution is -0.147. The minimum atomic E-state index is -1.38. The fraction of sp³-hybridized carbons (Fsp3) is 0.452. The molecule has 0 bridgehead atoms. The second-order valence-corrected chi connectivity index (χ2v) is 11.1. The summed E-state index contributed by atoms with van der Waals surface area (Å²) in [4.78, 5) is 31.3. The molecule has 39 heavy (non-hydrogen) atoms. The predicted octanol–water partition coefficient (Wildman–Crippen LogP) is 5.87. The maximum atomic E-state index is 13.0. The third-order valence-corrected chi connectivity index (χ3v) is 6.40. The molecule has 1 heterocycles. The SMILES string of the molecule is CC(C)OC1=CC(c2ccccc2)C=CC1(CCCN(C[C@H](O)c1cccnc1)C(=O)OC(C)(C)C)C(=O)O. The van der Waals surface area contributed by atoms with Gasteiger partial charge >= 0.3 is 12.1 Å². The smallest absolute Gasteiger partial charge is 0.410 e. The van der Waals surface area contributed by atoms with E-state index < -0.39 is 29.2 Å². The summed E-state index contributed by atoms with van der Waals surface area (Å²) in [6.45, 7) is 9.23. The van der Waals surface area contributed by atoms with Crippen LogP contribution in [0.1, 0.15) is 70.6 Å². The molecule has 8 nitrogen and oxygen atoms in total. The Balaban J connectivity index is 1.82. The van der Waals surface area contributed by atoms with E-state index >= 15 is 0 Å². The number of allylic oxidation sites excluding steroid dienone is 2. The molecule has 1 amide bonds. The van der Waals surface area contributed by atoms with Crippen LogP contribution in [-0.2, 0) is 14.3 Å². The Kier molecular flexibility index (Phi) is 9.92. The van der Waals surface area contributed by atoms with Crippen molar-refractivity contribution in [3.63, 3.8) is 0 Å². The summed E-state index contributed by atoms with van der Waals surface area (Å²) >= 11 is 0. The average Bonchev–Trinajstić information content (AvgIpc) is 2.88. The van der Waals surface area contributed by atoms with Gasteiger partial charge in [-0.1, -0.05) is 48.6 Å². The van der Waals surface area contributed by atoms with Gasteiger partial charge in [-0.15, -0.1) is 0 Å². The highest BCUT2D eigenvalue weighted by Gasteiger charge is 2.44. The van der Waals surface area contributed by atoms with Crippen LogP contribution in [0, 0.1) is 5.41 Å². The Labute approximate surface area is 231 Å².